The molecular weight excluding hydrogens is 349 g/mol. The maximum absolute atomic E-state index is 6.27. The van der Waals surface area contributed by atoms with Crippen LogP contribution in [-0.2, 0) is 0 Å². The van der Waals surface area contributed by atoms with Gasteiger partial charge in [-0.05, 0) is 0 Å². The first-order valence-corrected chi connectivity index (χ1v) is 8.94. The van der Waals surface area contributed by atoms with Gasteiger partial charge in [0.15, 0.2) is 0 Å². The molecule has 4 rings (SSSR count). The summed E-state index contributed by atoms with van der Waals surface area (Å²) in [5.74, 6) is 0.568. The van der Waals surface area contributed by atoms with Crippen LogP contribution in [0, 0.1) is 0 Å². The molecule has 1 N–H and O–H groups in total. The molecule has 21 heavy (non-hydrogen) atoms. The Morgan fingerprint density at radius 2 is 1.90 bits per heavy atom. The Kier molecular flexibility index (Phi) is 3.46. The third kappa shape index (κ3) is 2.48. The van der Waals surface area contributed by atoms with Crippen molar-refractivity contribution < 1.29 is 0 Å². The van der Waals surface area contributed by atoms with Crippen molar-refractivity contribution in [3.8, 4) is 0 Å². The molecule has 1 aliphatic carbocycles. The maximum atomic E-state index is 6.27. The number of hydrogen-bond acceptors (Lipinski definition) is 3. The topological polar surface area (TPSA) is 37.8 Å². The molecule has 0 amide bonds. The zero-order valence-corrected chi connectivity index (χ0v) is 13.8. The Morgan fingerprint density at radius 1 is 1.05 bits per heavy atom. The molecule has 2 aromatic carbocycles. The number of anilines is 1. The van der Waals surface area contributed by atoms with E-state index in [-0.39, 0.29) is 15.0 Å². The first kappa shape index (κ1) is 13.3. The van der Waals surface area contributed by atoms with Gasteiger partial charge in [-0.2, -0.15) is 0 Å². The van der Waals surface area contributed by atoms with E-state index in [1.54, 1.807) is 0 Å². The second-order valence-corrected chi connectivity index (χ2v) is 6.98. The van der Waals surface area contributed by atoms with Gasteiger partial charge in [0, 0.05) is 0 Å². The molecule has 0 unspecified atom stereocenters. The summed E-state index contributed by atoms with van der Waals surface area (Å²) in [6.45, 7) is 0. The van der Waals surface area contributed by atoms with Crippen molar-refractivity contribution in [2.24, 2.45) is 0 Å². The monoisotopic (exact) mass is 363 g/mol. The van der Waals surface area contributed by atoms with Crippen LogP contribution in [0.3, 0.4) is 0 Å². The molecule has 0 atom stereocenters. The molecule has 1 fully saturated rings. The van der Waals surface area contributed by atoms with Crippen molar-refractivity contribution in [1.82, 2.24) is 7.96 Å². The molecule has 106 valence electrons. The molecule has 0 aliphatic heterocycles. The number of fused-ring (bicyclic) bond motifs is 1. The predicted octanol–water partition coefficient (Wildman–Crippen LogP) is 3.70. The van der Waals surface area contributed by atoms with Gasteiger partial charge in [0.25, 0.3) is 0 Å². The van der Waals surface area contributed by atoms with E-state index in [0.717, 1.165) is 34.6 Å². The fourth-order valence-electron chi connectivity index (χ4n) is 2.94. The van der Waals surface area contributed by atoms with Gasteiger partial charge in [-0.15, -0.1) is 0 Å². The summed E-state index contributed by atoms with van der Waals surface area (Å²) < 4.78 is 8.94. The van der Waals surface area contributed by atoms with E-state index in [9.17, 15) is 0 Å². The summed E-state index contributed by atoms with van der Waals surface area (Å²) in [6, 6.07) is 14.8. The number of benzene rings is 2. The first-order valence-electron chi connectivity index (χ1n) is 7.03. The fraction of sp³-hybridized carbons (Fsp3) is 0.250. The SMILES string of the molecule is Clc1ccccc1C1CC(Nc2cccc3n[se]nc23)C1. The summed E-state index contributed by atoms with van der Waals surface area (Å²) in [4.78, 5) is 0. The van der Waals surface area contributed by atoms with Crippen molar-refractivity contribution in [2.75, 3.05) is 5.32 Å². The van der Waals surface area contributed by atoms with Crippen molar-refractivity contribution in [3.63, 3.8) is 0 Å². The third-order valence-corrected chi connectivity index (χ3v) is 5.61. The minimum absolute atomic E-state index is 0.0276. The number of halogens is 1. The van der Waals surface area contributed by atoms with Gasteiger partial charge in [-0.1, -0.05) is 0 Å². The van der Waals surface area contributed by atoms with E-state index < -0.39 is 0 Å². The third-order valence-electron chi connectivity index (χ3n) is 4.13. The number of nitrogens with one attached hydrogen (secondary N) is 1. The normalized spacial score (nSPS) is 21.2. The van der Waals surface area contributed by atoms with E-state index >= 15 is 0 Å². The van der Waals surface area contributed by atoms with Gasteiger partial charge < -0.3 is 0 Å². The zero-order valence-electron chi connectivity index (χ0n) is 11.3. The number of nitrogens with zero attached hydrogens (tertiary/aromatic N) is 2. The Morgan fingerprint density at radius 3 is 2.76 bits per heavy atom. The van der Waals surface area contributed by atoms with E-state index in [0.29, 0.717) is 12.0 Å². The van der Waals surface area contributed by atoms with Crippen molar-refractivity contribution in [2.45, 2.75) is 24.8 Å². The molecule has 1 aliphatic rings. The van der Waals surface area contributed by atoms with E-state index in [2.05, 4.69) is 31.5 Å². The van der Waals surface area contributed by atoms with Gasteiger partial charge in [0.05, 0.1) is 0 Å². The van der Waals surface area contributed by atoms with Crippen LogP contribution in [0.4, 0.5) is 5.69 Å². The zero-order chi connectivity index (χ0) is 14.2. The van der Waals surface area contributed by atoms with E-state index in [1.807, 2.05) is 24.3 Å². The molecule has 1 aromatic heterocycles. The first-order chi connectivity index (χ1) is 10.3. The van der Waals surface area contributed by atoms with Crippen LogP contribution in [0.5, 0.6) is 0 Å². The molecular formula is C16H14ClN3Se. The molecule has 0 saturated heterocycles. The van der Waals surface area contributed by atoms with Crippen LogP contribution in [0.2, 0.25) is 5.02 Å². The van der Waals surface area contributed by atoms with Crippen molar-refractivity contribution in [3.05, 3.63) is 53.1 Å². The minimum atomic E-state index is 0.0276. The van der Waals surface area contributed by atoms with Crippen LogP contribution in [-0.4, -0.2) is 29.0 Å². The summed E-state index contributed by atoms with van der Waals surface area (Å²) in [7, 11) is 0. The average molecular weight is 363 g/mol. The average Bonchev–Trinajstić information content (AvgIpc) is 2.93. The molecule has 0 radical (unpaired) electrons. The molecule has 1 saturated carbocycles. The molecule has 0 bridgehead atoms. The van der Waals surface area contributed by atoms with E-state index in [4.69, 9.17) is 11.6 Å². The summed E-state index contributed by atoms with van der Waals surface area (Å²) in [6.07, 6.45) is 2.24. The quantitative estimate of drug-likeness (QED) is 0.722. The van der Waals surface area contributed by atoms with Crippen LogP contribution >= 0.6 is 11.6 Å². The second-order valence-electron chi connectivity index (χ2n) is 5.47. The molecule has 5 heteroatoms. The number of hydrogen-bond donors (Lipinski definition) is 1. The van der Waals surface area contributed by atoms with Crippen LogP contribution in [0.15, 0.2) is 42.5 Å². The van der Waals surface area contributed by atoms with Crippen LogP contribution in [0.1, 0.15) is 24.3 Å². The van der Waals surface area contributed by atoms with Crippen LogP contribution < -0.4 is 5.32 Å². The van der Waals surface area contributed by atoms with E-state index in [1.165, 1.54) is 5.56 Å². The van der Waals surface area contributed by atoms with Gasteiger partial charge in [-0.3, -0.25) is 0 Å². The Bertz CT molecular complexity index is 780. The second kappa shape index (κ2) is 5.45. The predicted molar refractivity (Wildman–Crippen MR) is 87.3 cm³/mol. The van der Waals surface area contributed by atoms with Gasteiger partial charge in [-0.25, -0.2) is 0 Å². The summed E-state index contributed by atoms with van der Waals surface area (Å²) in [5, 5.41) is 4.50. The van der Waals surface area contributed by atoms with Gasteiger partial charge >= 0.3 is 134 Å². The Hall–Kier alpha value is -1.35. The standard InChI is InChI=1S/C16H14ClN3Se/c17-13-5-2-1-4-12(13)10-8-11(9-10)18-14-6-3-7-15-16(14)20-21-19-15/h1-7,10-11,18H,8-9H2. The Labute approximate surface area is 134 Å². The summed E-state index contributed by atoms with van der Waals surface area (Å²) >= 11 is 6.30. The summed E-state index contributed by atoms with van der Waals surface area (Å²) in [5.41, 5.74) is 4.47. The van der Waals surface area contributed by atoms with Gasteiger partial charge in [0.1, 0.15) is 0 Å². The van der Waals surface area contributed by atoms with Crippen molar-refractivity contribution >= 4 is 43.3 Å². The molecule has 3 aromatic rings. The van der Waals surface area contributed by atoms with Crippen molar-refractivity contribution in [1.29, 1.82) is 0 Å². The van der Waals surface area contributed by atoms with Crippen LogP contribution in [0.25, 0.3) is 11.0 Å². The molecule has 3 nitrogen and oxygen atoms in total. The van der Waals surface area contributed by atoms with Gasteiger partial charge in [0.2, 0.25) is 0 Å². The molecule has 1 heterocycles. The number of rotatable bonds is 3. The Balaban J connectivity index is 1.47. The fourth-order valence-corrected chi connectivity index (χ4v) is 4.38. The molecule has 0 spiro atoms. The number of aromatic nitrogens is 2.